The minimum Gasteiger partial charge on any atom is -0.368 e. The Morgan fingerprint density at radius 1 is 1.57 bits per heavy atom. The summed E-state index contributed by atoms with van der Waals surface area (Å²) in [5.41, 5.74) is 11.7. The van der Waals surface area contributed by atoms with Crippen molar-refractivity contribution in [1.29, 1.82) is 0 Å². The van der Waals surface area contributed by atoms with Gasteiger partial charge in [0.25, 0.3) is 0 Å². The smallest absolute Gasteiger partial charge is 0.234 e. The van der Waals surface area contributed by atoms with Crippen LogP contribution in [0.4, 0.5) is 0 Å². The fourth-order valence-electron chi connectivity index (χ4n) is 1.21. The van der Waals surface area contributed by atoms with Crippen LogP contribution in [0, 0.1) is 0 Å². The van der Waals surface area contributed by atoms with E-state index in [4.69, 9.17) is 11.5 Å². The molecule has 0 radical (unpaired) electrons. The van der Waals surface area contributed by atoms with Crippen molar-refractivity contribution >= 4 is 5.91 Å². The van der Waals surface area contributed by atoms with E-state index in [1.807, 2.05) is 18.3 Å². The van der Waals surface area contributed by atoms with Gasteiger partial charge in [0.2, 0.25) is 5.91 Å². The first-order valence-corrected chi connectivity index (χ1v) is 4.64. The molecule has 14 heavy (non-hydrogen) atoms. The van der Waals surface area contributed by atoms with Crippen LogP contribution < -0.4 is 11.5 Å². The molecule has 0 bridgehead atoms. The summed E-state index contributed by atoms with van der Waals surface area (Å²) in [6.07, 6.45) is 5.92. The average Bonchev–Trinajstić information content (AvgIpc) is 2.19. The van der Waals surface area contributed by atoms with Gasteiger partial charge >= 0.3 is 0 Å². The van der Waals surface area contributed by atoms with E-state index >= 15 is 0 Å². The fraction of sp³-hybridized carbons (Fsp3) is 0.400. The van der Waals surface area contributed by atoms with Crippen LogP contribution in [0.15, 0.2) is 24.5 Å². The van der Waals surface area contributed by atoms with E-state index in [1.165, 1.54) is 0 Å². The van der Waals surface area contributed by atoms with Gasteiger partial charge in [-0.2, -0.15) is 0 Å². The Morgan fingerprint density at radius 3 is 2.93 bits per heavy atom. The van der Waals surface area contributed by atoms with Crippen LogP contribution in [-0.2, 0) is 11.2 Å². The molecular weight excluding hydrogens is 178 g/mol. The number of hydrogen-bond donors (Lipinski definition) is 2. The number of aromatic nitrogens is 1. The molecule has 76 valence electrons. The third kappa shape index (κ3) is 3.53. The van der Waals surface area contributed by atoms with Crippen LogP contribution in [0.25, 0.3) is 0 Å². The Labute approximate surface area is 83.3 Å². The van der Waals surface area contributed by atoms with E-state index < -0.39 is 11.9 Å². The highest BCUT2D eigenvalue weighted by Crippen LogP contribution is 2.04. The minimum atomic E-state index is -0.522. The van der Waals surface area contributed by atoms with E-state index in [0.29, 0.717) is 6.42 Å². The molecule has 1 aromatic rings. The lowest BCUT2D eigenvalue weighted by molar-refractivity contribution is -0.119. The van der Waals surface area contributed by atoms with E-state index in [0.717, 1.165) is 18.4 Å². The van der Waals surface area contributed by atoms with E-state index in [9.17, 15) is 4.79 Å². The number of carbonyl (C=O) groups excluding carboxylic acids is 1. The normalized spacial score (nSPS) is 12.4. The molecule has 0 aliphatic carbocycles. The second kappa shape index (κ2) is 5.34. The number of primary amides is 1. The Balaban J connectivity index is 2.26. The van der Waals surface area contributed by atoms with Crippen molar-refractivity contribution in [3.05, 3.63) is 30.1 Å². The average molecular weight is 193 g/mol. The quantitative estimate of drug-likeness (QED) is 0.701. The van der Waals surface area contributed by atoms with Crippen molar-refractivity contribution in [2.75, 3.05) is 0 Å². The minimum absolute atomic E-state index is 0.434. The molecule has 0 aromatic carbocycles. The first-order chi connectivity index (χ1) is 6.70. The summed E-state index contributed by atoms with van der Waals surface area (Å²) in [5.74, 6) is -0.434. The zero-order valence-corrected chi connectivity index (χ0v) is 8.02. The number of rotatable bonds is 5. The number of aryl methyl sites for hydroxylation is 1. The maximum atomic E-state index is 10.6. The largest absolute Gasteiger partial charge is 0.368 e. The number of amides is 1. The molecule has 4 nitrogen and oxygen atoms in total. The molecule has 0 spiro atoms. The molecule has 1 aromatic heterocycles. The summed E-state index contributed by atoms with van der Waals surface area (Å²) in [6, 6.07) is 3.37. The van der Waals surface area contributed by atoms with Gasteiger partial charge in [-0.3, -0.25) is 9.78 Å². The van der Waals surface area contributed by atoms with E-state index in [2.05, 4.69) is 4.98 Å². The van der Waals surface area contributed by atoms with Crippen LogP contribution in [0.5, 0.6) is 0 Å². The number of nitrogens with zero attached hydrogens (tertiary/aromatic N) is 1. The van der Waals surface area contributed by atoms with Crippen molar-refractivity contribution in [3.63, 3.8) is 0 Å². The van der Waals surface area contributed by atoms with Crippen molar-refractivity contribution in [2.24, 2.45) is 11.5 Å². The zero-order chi connectivity index (χ0) is 10.4. The summed E-state index contributed by atoms with van der Waals surface area (Å²) >= 11 is 0. The van der Waals surface area contributed by atoms with Crippen LogP contribution >= 0.6 is 0 Å². The highest BCUT2D eigenvalue weighted by atomic mass is 16.1. The lowest BCUT2D eigenvalue weighted by atomic mass is 10.1. The summed E-state index contributed by atoms with van der Waals surface area (Å²) in [5, 5.41) is 0. The molecule has 4 heteroatoms. The second-order valence-electron chi connectivity index (χ2n) is 3.26. The molecule has 0 aliphatic heterocycles. The summed E-state index contributed by atoms with van der Waals surface area (Å²) in [7, 11) is 0. The van der Waals surface area contributed by atoms with Crippen LogP contribution in [0.2, 0.25) is 0 Å². The maximum absolute atomic E-state index is 10.6. The molecule has 0 fully saturated rings. The Morgan fingerprint density at radius 2 is 2.36 bits per heavy atom. The SMILES string of the molecule is NC(=O)C(N)CCCc1cccnc1. The third-order valence-electron chi connectivity index (χ3n) is 2.07. The molecule has 1 unspecified atom stereocenters. The molecule has 1 rings (SSSR count). The van der Waals surface area contributed by atoms with Crippen LogP contribution in [0.3, 0.4) is 0 Å². The number of nitrogens with two attached hydrogens (primary N) is 2. The van der Waals surface area contributed by atoms with Crippen molar-refractivity contribution < 1.29 is 4.79 Å². The molecule has 0 aliphatic rings. The first kappa shape index (κ1) is 10.7. The number of carbonyl (C=O) groups is 1. The standard InChI is InChI=1S/C10H15N3O/c11-9(10(12)14)5-1-3-8-4-2-6-13-7-8/h2,4,6-7,9H,1,3,5,11H2,(H2,12,14). The predicted octanol–water partition coefficient (Wildman–Crippen LogP) is 0.217. The van der Waals surface area contributed by atoms with Gasteiger partial charge in [0.15, 0.2) is 0 Å². The van der Waals surface area contributed by atoms with Gasteiger partial charge in [-0.1, -0.05) is 6.07 Å². The lowest BCUT2D eigenvalue weighted by Gasteiger charge is -2.06. The number of hydrogen-bond acceptors (Lipinski definition) is 3. The van der Waals surface area contributed by atoms with E-state index in [1.54, 1.807) is 6.20 Å². The molecule has 4 N–H and O–H groups in total. The zero-order valence-electron chi connectivity index (χ0n) is 8.02. The van der Waals surface area contributed by atoms with Crippen LogP contribution in [0.1, 0.15) is 18.4 Å². The van der Waals surface area contributed by atoms with Gasteiger partial charge in [0, 0.05) is 12.4 Å². The molecule has 0 saturated heterocycles. The van der Waals surface area contributed by atoms with Crippen LogP contribution in [-0.4, -0.2) is 16.9 Å². The first-order valence-electron chi connectivity index (χ1n) is 4.64. The molecular formula is C10H15N3O. The monoisotopic (exact) mass is 193 g/mol. The Kier molecular flexibility index (Phi) is 4.07. The second-order valence-corrected chi connectivity index (χ2v) is 3.26. The van der Waals surface area contributed by atoms with Gasteiger partial charge in [-0.05, 0) is 30.9 Å². The Hall–Kier alpha value is -1.42. The molecule has 0 saturated carbocycles. The molecule has 1 amide bonds. The van der Waals surface area contributed by atoms with Crippen molar-refractivity contribution in [1.82, 2.24) is 4.98 Å². The summed E-state index contributed by atoms with van der Waals surface area (Å²) < 4.78 is 0. The summed E-state index contributed by atoms with van der Waals surface area (Å²) in [4.78, 5) is 14.6. The highest BCUT2D eigenvalue weighted by molar-refractivity contribution is 5.79. The molecule has 1 heterocycles. The van der Waals surface area contributed by atoms with Crippen molar-refractivity contribution in [2.45, 2.75) is 25.3 Å². The van der Waals surface area contributed by atoms with Gasteiger partial charge < -0.3 is 11.5 Å². The number of pyridine rings is 1. The summed E-state index contributed by atoms with van der Waals surface area (Å²) in [6.45, 7) is 0. The molecule has 1 atom stereocenters. The fourth-order valence-corrected chi connectivity index (χ4v) is 1.21. The Bertz CT molecular complexity index is 287. The topological polar surface area (TPSA) is 82.0 Å². The maximum Gasteiger partial charge on any atom is 0.234 e. The van der Waals surface area contributed by atoms with E-state index in [-0.39, 0.29) is 0 Å². The third-order valence-corrected chi connectivity index (χ3v) is 2.07. The van der Waals surface area contributed by atoms with Crippen molar-refractivity contribution in [3.8, 4) is 0 Å². The van der Waals surface area contributed by atoms with Gasteiger partial charge in [-0.15, -0.1) is 0 Å². The van der Waals surface area contributed by atoms with Gasteiger partial charge in [0.1, 0.15) is 0 Å². The lowest BCUT2D eigenvalue weighted by Crippen LogP contribution is -2.36. The predicted molar refractivity (Wildman–Crippen MR) is 54.3 cm³/mol. The van der Waals surface area contributed by atoms with Gasteiger partial charge in [0.05, 0.1) is 6.04 Å². The van der Waals surface area contributed by atoms with Gasteiger partial charge in [-0.25, -0.2) is 0 Å². The highest BCUT2D eigenvalue weighted by Gasteiger charge is 2.07.